The molecule has 7 nitrogen and oxygen atoms in total. The van der Waals surface area contributed by atoms with E-state index in [2.05, 4.69) is 10.2 Å². The van der Waals surface area contributed by atoms with Gasteiger partial charge in [-0.05, 0) is 23.8 Å². The third kappa shape index (κ3) is 3.15. The highest BCUT2D eigenvalue weighted by molar-refractivity contribution is 7.90. The van der Waals surface area contributed by atoms with Gasteiger partial charge in [0.05, 0.1) is 16.8 Å². The number of nitrogens with one attached hydrogen (secondary N) is 1. The smallest absolute Gasteiger partial charge is 0.267 e. The normalized spacial score (nSPS) is 11.6. The largest absolute Gasteiger partial charge is 0.298 e. The van der Waals surface area contributed by atoms with Gasteiger partial charge in [0.25, 0.3) is 15.8 Å². The predicted molar refractivity (Wildman–Crippen MR) is 93.1 cm³/mol. The topological polar surface area (TPSA) is 109 Å². The summed E-state index contributed by atoms with van der Waals surface area (Å²) in [5, 5.41) is 13.1. The standard InChI is InChI=1S/C16H16N4O3S/c1-20(24(17,22)23)12-8-6-11(7-9-12)10-15-13-4-2-3-5-14(13)16(21)19-18-15/h2-9H,10H2,1H3,(H,19,21)(H2,17,22,23). The van der Waals surface area contributed by atoms with Gasteiger partial charge in [0.1, 0.15) is 0 Å². The molecule has 0 saturated carbocycles. The summed E-state index contributed by atoms with van der Waals surface area (Å²) in [6.45, 7) is 0. The Morgan fingerprint density at radius 1 is 1.08 bits per heavy atom. The molecule has 0 unspecified atom stereocenters. The fourth-order valence-corrected chi connectivity index (χ4v) is 2.89. The SMILES string of the molecule is CN(c1ccc(Cc2n[nH]c(=O)c3ccccc23)cc1)S(N)(=O)=O. The summed E-state index contributed by atoms with van der Waals surface area (Å²) < 4.78 is 23.7. The van der Waals surface area contributed by atoms with Crippen LogP contribution >= 0.6 is 0 Å². The van der Waals surface area contributed by atoms with Crippen LogP contribution in [0.3, 0.4) is 0 Å². The van der Waals surface area contributed by atoms with Gasteiger partial charge in [-0.2, -0.15) is 13.5 Å². The molecule has 0 radical (unpaired) electrons. The number of anilines is 1. The minimum atomic E-state index is -3.78. The summed E-state index contributed by atoms with van der Waals surface area (Å²) in [4.78, 5) is 11.8. The van der Waals surface area contributed by atoms with E-state index in [9.17, 15) is 13.2 Å². The number of nitrogens with two attached hydrogens (primary N) is 1. The van der Waals surface area contributed by atoms with Crippen molar-refractivity contribution in [2.75, 3.05) is 11.4 Å². The van der Waals surface area contributed by atoms with E-state index < -0.39 is 10.2 Å². The maximum atomic E-state index is 11.8. The van der Waals surface area contributed by atoms with E-state index in [1.165, 1.54) is 7.05 Å². The van der Waals surface area contributed by atoms with Crippen molar-refractivity contribution < 1.29 is 8.42 Å². The number of hydrogen-bond donors (Lipinski definition) is 2. The van der Waals surface area contributed by atoms with Crippen LogP contribution in [0.1, 0.15) is 11.3 Å². The highest BCUT2D eigenvalue weighted by Crippen LogP contribution is 2.19. The molecule has 0 saturated heterocycles. The quantitative estimate of drug-likeness (QED) is 0.740. The Balaban J connectivity index is 1.93. The van der Waals surface area contributed by atoms with Gasteiger partial charge in [-0.1, -0.05) is 30.3 Å². The lowest BCUT2D eigenvalue weighted by Gasteiger charge is -2.16. The summed E-state index contributed by atoms with van der Waals surface area (Å²) in [5.74, 6) is 0. The van der Waals surface area contributed by atoms with Crippen LogP contribution in [-0.4, -0.2) is 25.7 Å². The van der Waals surface area contributed by atoms with Gasteiger partial charge in [-0.15, -0.1) is 0 Å². The Bertz CT molecular complexity index is 1040. The van der Waals surface area contributed by atoms with E-state index in [0.29, 0.717) is 17.5 Å². The van der Waals surface area contributed by atoms with Gasteiger partial charge in [-0.3, -0.25) is 9.10 Å². The number of nitrogens with zero attached hydrogens (tertiary/aromatic N) is 2. The van der Waals surface area contributed by atoms with Crippen molar-refractivity contribution in [1.82, 2.24) is 10.2 Å². The minimum absolute atomic E-state index is 0.223. The van der Waals surface area contributed by atoms with Crippen molar-refractivity contribution in [3.63, 3.8) is 0 Å². The molecule has 0 aliphatic heterocycles. The molecule has 2 aromatic carbocycles. The van der Waals surface area contributed by atoms with Gasteiger partial charge >= 0.3 is 0 Å². The first-order chi connectivity index (χ1) is 11.4. The Kier molecular flexibility index (Phi) is 4.08. The maximum Gasteiger partial charge on any atom is 0.298 e. The lowest BCUT2D eigenvalue weighted by Crippen LogP contribution is -2.33. The second-order valence-corrected chi connectivity index (χ2v) is 6.98. The molecule has 0 amide bonds. The zero-order valence-electron chi connectivity index (χ0n) is 12.9. The van der Waals surface area contributed by atoms with E-state index in [1.54, 1.807) is 36.4 Å². The van der Waals surface area contributed by atoms with Gasteiger partial charge in [-0.25, -0.2) is 10.2 Å². The lowest BCUT2D eigenvalue weighted by atomic mass is 10.0. The fourth-order valence-electron chi connectivity index (χ4n) is 2.47. The number of aromatic nitrogens is 2. The van der Waals surface area contributed by atoms with Gasteiger partial charge < -0.3 is 0 Å². The summed E-state index contributed by atoms with van der Waals surface area (Å²) >= 11 is 0. The van der Waals surface area contributed by atoms with Crippen molar-refractivity contribution >= 4 is 26.7 Å². The van der Waals surface area contributed by atoms with Crippen LogP contribution < -0.4 is 15.0 Å². The van der Waals surface area contributed by atoms with Gasteiger partial charge in [0.15, 0.2) is 0 Å². The van der Waals surface area contributed by atoms with Gasteiger partial charge in [0.2, 0.25) is 0 Å². The van der Waals surface area contributed by atoms with E-state index in [-0.39, 0.29) is 5.56 Å². The van der Waals surface area contributed by atoms with E-state index >= 15 is 0 Å². The molecule has 124 valence electrons. The second-order valence-electron chi connectivity index (χ2n) is 5.40. The molecule has 1 heterocycles. The summed E-state index contributed by atoms with van der Waals surface area (Å²) in [5.41, 5.74) is 1.93. The molecule has 0 aliphatic carbocycles. The highest BCUT2D eigenvalue weighted by atomic mass is 32.2. The van der Waals surface area contributed by atoms with Crippen molar-refractivity contribution in [2.45, 2.75) is 6.42 Å². The van der Waals surface area contributed by atoms with Crippen LogP contribution in [0.25, 0.3) is 10.8 Å². The van der Waals surface area contributed by atoms with E-state index in [1.807, 2.05) is 12.1 Å². The first-order valence-corrected chi connectivity index (χ1v) is 8.68. The third-order valence-corrected chi connectivity index (χ3v) is 4.80. The van der Waals surface area contributed by atoms with Crippen molar-refractivity contribution in [3.05, 3.63) is 70.1 Å². The Morgan fingerprint density at radius 2 is 1.71 bits per heavy atom. The van der Waals surface area contributed by atoms with Crippen LogP contribution in [0.5, 0.6) is 0 Å². The fraction of sp³-hybridized carbons (Fsp3) is 0.125. The molecular formula is C16H16N4O3S. The third-order valence-electron chi connectivity index (χ3n) is 3.83. The number of rotatable bonds is 4. The lowest BCUT2D eigenvalue weighted by molar-refractivity contribution is 0.596. The monoisotopic (exact) mass is 344 g/mol. The number of aromatic amines is 1. The highest BCUT2D eigenvalue weighted by Gasteiger charge is 2.12. The summed E-state index contributed by atoms with van der Waals surface area (Å²) in [7, 11) is -2.39. The minimum Gasteiger partial charge on any atom is -0.267 e. The van der Waals surface area contributed by atoms with Crippen LogP contribution in [0.2, 0.25) is 0 Å². The van der Waals surface area contributed by atoms with E-state index in [4.69, 9.17) is 5.14 Å². The number of benzene rings is 2. The van der Waals surface area contributed by atoms with Gasteiger partial charge in [0, 0.05) is 18.9 Å². The molecule has 0 atom stereocenters. The first-order valence-electron chi connectivity index (χ1n) is 7.18. The zero-order valence-corrected chi connectivity index (χ0v) is 13.7. The van der Waals surface area contributed by atoms with E-state index in [0.717, 1.165) is 20.9 Å². The summed E-state index contributed by atoms with van der Waals surface area (Å²) in [6, 6.07) is 14.2. The Hall–Kier alpha value is -2.71. The van der Waals surface area contributed by atoms with Crippen molar-refractivity contribution in [1.29, 1.82) is 0 Å². The number of fused-ring (bicyclic) bond motifs is 1. The molecule has 3 aromatic rings. The van der Waals surface area contributed by atoms with Crippen LogP contribution in [0.4, 0.5) is 5.69 Å². The maximum absolute atomic E-state index is 11.8. The Morgan fingerprint density at radius 3 is 2.33 bits per heavy atom. The first kappa shape index (κ1) is 16.2. The molecular weight excluding hydrogens is 328 g/mol. The zero-order chi connectivity index (χ0) is 17.3. The number of H-pyrrole nitrogens is 1. The molecule has 3 rings (SSSR count). The van der Waals surface area contributed by atoms with Crippen LogP contribution in [0.15, 0.2) is 53.3 Å². The molecule has 0 fully saturated rings. The van der Waals surface area contributed by atoms with Crippen LogP contribution in [0, 0.1) is 0 Å². The molecule has 0 bridgehead atoms. The average Bonchev–Trinajstić information content (AvgIpc) is 2.57. The Labute approximate surface area is 138 Å². The summed E-state index contributed by atoms with van der Waals surface area (Å²) in [6.07, 6.45) is 0.511. The average molecular weight is 344 g/mol. The number of hydrogen-bond acceptors (Lipinski definition) is 4. The predicted octanol–water partition coefficient (Wildman–Crippen LogP) is 1.15. The molecule has 1 aromatic heterocycles. The second kappa shape index (κ2) is 6.06. The van der Waals surface area contributed by atoms with Crippen molar-refractivity contribution in [3.8, 4) is 0 Å². The molecule has 24 heavy (non-hydrogen) atoms. The van der Waals surface area contributed by atoms with Crippen LogP contribution in [-0.2, 0) is 16.6 Å². The molecule has 3 N–H and O–H groups in total. The molecule has 8 heteroatoms. The molecule has 0 aliphatic rings. The molecule has 0 spiro atoms. The van der Waals surface area contributed by atoms with Crippen molar-refractivity contribution in [2.24, 2.45) is 5.14 Å².